The van der Waals surface area contributed by atoms with Crippen molar-refractivity contribution in [2.45, 2.75) is 364 Å². The molecule has 2 saturated heterocycles. The number of allylic oxidation sites excluding steroid dienone is 9. The number of unbranched alkanes of at least 4 members (excludes halogenated alkanes) is 36. The zero-order chi connectivity index (χ0) is 61.6. The monoisotopic (exact) mass is 1200 g/mol. The van der Waals surface area contributed by atoms with Crippen LogP contribution in [0.2, 0.25) is 0 Å². The molecule has 0 radical (unpaired) electrons. The summed E-state index contributed by atoms with van der Waals surface area (Å²) >= 11 is 0. The highest BCUT2D eigenvalue weighted by molar-refractivity contribution is 5.76. The van der Waals surface area contributed by atoms with E-state index in [1.54, 1.807) is 6.08 Å². The van der Waals surface area contributed by atoms with Crippen LogP contribution in [0, 0.1) is 0 Å². The number of rotatable bonds is 57. The summed E-state index contributed by atoms with van der Waals surface area (Å²) < 4.78 is 22.8. The Morgan fingerprint density at radius 3 is 1.24 bits per heavy atom. The Morgan fingerprint density at radius 1 is 0.424 bits per heavy atom. The minimum atomic E-state index is -1.79. The first-order valence-corrected chi connectivity index (χ1v) is 35.0. The van der Waals surface area contributed by atoms with Gasteiger partial charge in [-0.25, -0.2) is 0 Å². The highest BCUT2D eigenvalue weighted by Gasteiger charge is 2.51. The van der Waals surface area contributed by atoms with Gasteiger partial charge in [0, 0.05) is 6.42 Å². The quantitative estimate of drug-likeness (QED) is 0.0204. The molecule has 85 heavy (non-hydrogen) atoms. The van der Waals surface area contributed by atoms with Gasteiger partial charge in [0.05, 0.1) is 32.0 Å². The smallest absolute Gasteiger partial charge is 0.220 e. The highest BCUT2D eigenvalue weighted by Crippen LogP contribution is 2.30. The Labute approximate surface area is 517 Å². The zero-order valence-corrected chi connectivity index (χ0v) is 53.8. The second-order valence-corrected chi connectivity index (χ2v) is 24.6. The van der Waals surface area contributed by atoms with Crippen molar-refractivity contribution in [2.75, 3.05) is 19.8 Å². The van der Waals surface area contributed by atoms with Crippen LogP contribution in [0.25, 0.3) is 0 Å². The number of aliphatic hydroxyl groups is 8. The fourth-order valence-electron chi connectivity index (χ4n) is 11.3. The van der Waals surface area contributed by atoms with E-state index in [0.717, 1.165) is 44.9 Å². The Hall–Kier alpha value is -2.31. The molecule has 0 bridgehead atoms. The molecule has 12 atom stereocenters. The molecule has 9 N–H and O–H groups in total. The predicted molar refractivity (Wildman–Crippen MR) is 346 cm³/mol. The van der Waals surface area contributed by atoms with Gasteiger partial charge in [-0.3, -0.25) is 4.79 Å². The average Bonchev–Trinajstić information content (AvgIpc) is 3.65. The van der Waals surface area contributed by atoms with Gasteiger partial charge in [-0.15, -0.1) is 0 Å². The molecular formula is C71H129NO13. The van der Waals surface area contributed by atoms with Crippen LogP contribution in [0.15, 0.2) is 60.8 Å². The van der Waals surface area contributed by atoms with Gasteiger partial charge >= 0.3 is 0 Å². The second kappa shape index (κ2) is 55.7. The lowest BCUT2D eigenvalue weighted by Crippen LogP contribution is -2.65. The van der Waals surface area contributed by atoms with E-state index in [2.05, 4.69) is 67.8 Å². The van der Waals surface area contributed by atoms with Crippen LogP contribution >= 0.6 is 0 Å². The minimum Gasteiger partial charge on any atom is -0.394 e. The number of ether oxygens (including phenoxy) is 4. The second-order valence-electron chi connectivity index (χ2n) is 24.6. The molecule has 2 fully saturated rings. The first-order chi connectivity index (χ1) is 41.6. The van der Waals surface area contributed by atoms with E-state index in [9.17, 15) is 45.6 Å². The lowest BCUT2D eigenvalue weighted by atomic mass is 9.97. The predicted octanol–water partition coefficient (Wildman–Crippen LogP) is 14.1. The topological polar surface area (TPSA) is 228 Å². The molecule has 0 aliphatic carbocycles. The summed E-state index contributed by atoms with van der Waals surface area (Å²) in [6.45, 7) is 2.78. The molecule has 12 unspecified atom stereocenters. The molecule has 14 nitrogen and oxygen atoms in total. The van der Waals surface area contributed by atoms with E-state index in [1.807, 2.05) is 6.08 Å². The zero-order valence-electron chi connectivity index (χ0n) is 53.8. The molecule has 0 aromatic rings. The van der Waals surface area contributed by atoms with Crippen molar-refractivity contribution in [1.29, 1.82) is 0 Å². The largest absolute Gasteiger partial charge is 0.394 e. The number of hydrogen-bond acceptors (Lipinski definition) is 13. The summed E-state index contributed by atoms with van der Waals surface area (Å²) in [5.74, 6) is -0.246. The number of amides is 1. The third-order valence-electron chi connectivity index (χ3n) is 16.9. The Morgan fingerprint density at radius 2 is 0.788 bits per heavy atom. The van der Waals surface area contributed by atoms with E-state index >= 15 is 0 Å². The van der Waals surface area contributed by atoms with Crippen LogP contribution in [0.5, 0.6) is 0 Å². The molecule has 0 aromatic carbocycles. The molecule has 0 saturated carbocycles. The van der Waals surface area contributed by atoms with Crippen molar-refractivity contribution >= 4 is 5.91 Å². The first-order valence-electron chi connectivity index (χ1n) is 35.0. The van der Waals surface area contributed by atoms with Gasteiger partial charge in [0.1, 0.15) is 48.8 Å². The van der Waals surface area contributed by atoms with Gasteiger partial charge in [0.25, 0.3) is 0 Å². The van der Waals surface area contributed by atoms with Crippen molar-refractivity contribution in [3.8, 4) is 0 Å². The van der Waals surface area contributed by atoms with Crippen molar-refractivity contribution < 1.29 is 64.6 Å². The fourth-order valence-corrected chi connectivity index (χ4v) is 11.3. The molecule has 496 valence electrons. The van der Waals surface area contributed by atoms with Crippen LogP contribution in [-0.4, -0.2) is 140 Å². The Kier molecular flexibility index (Phi) is 51.7. The third kappa shape index (κ3) is 40.1. The van der Waals surface area contributed by atoms with Crippen LogP contribution in [0.3, 0.4) is 0 Å². The maximum Gasteiger partial charge on any atom is 0.220 e. The number of hydrogen-bond donors (Lipinski definition) is 9. The van der Waals surface area contributed by atoms with E-state index in [-0.39, 0.29) is 18.9 Å². The van der Waals surface area contributed by atoms with E-state index < -0.39 is 86.8 Å². The summed E-state index contributed by atoms with van der Waals surface area (Å²) in [5.41, 5.74) is 0. The average molecular weight is 1200 g/mol. The molecule has 2 aliphatic rings. The summed E-state index contributed by atoms with van der Waals surface area (Å²) in [7, 11) is 0. The Balaban J connectivity index is 1.59. The van der Waals surface area contributed by atoms with Gasteiger partial charge in [-0.05, 0) is 70.6 Å². The van der Waals surface area contributed by atoms with Gasteiger partial charge in [-0.1, -0.05) is 274 Å². The number of nitrogens with one attached hydrogen (secondary N) is 1. The molecule has 14 heteroatoms. The summed E-state index contributed by atoms with van der Waals surface area (Å²) in [4.78, 5) is 13.3. The van der Waals surface area contributed by atoms with Crippen molar-refractivity contribution in [3.05, 3.63) is 60.8 Å². The van der Waals surface area contributed by atoms with Gasteiger partial charge < -0.3 is 65.1 Å². The van der Waals surface area contributed by atoms with Crippen molar-refractivity contribution in [2.24, 2.45) is 0 Å². The highest BCUT2D eigenvalue weighted by atomic mass is 16.7. The summed E-state index contributed by atoms with van der Waals surface area (Å²) in [6, 6.07) is -0.931. The number of aliphatic hydroxyl groups excluding tert-OH is 8. The van der Waals surface area contributed by atoms with Crippen LogP contribution in [0.1, 0.15) is 290 Å². The van der Waals surface area contributed by atoms with E-state index in [0.29, 0.717) is 12.8 Å². The van der Waals surface area contributed by atoms with Crippen LogP contribution in [0.4, 0.5) is 0 Å². The standard InChI is InChI=1S/C71H129NO13/c1-3-5-7-9-11-13-15-17-19-20-21-22-23-24-25-26-27-28-29-30-31-32-33-34-35-36-37-38-39-40-41-43-45-47-49-51-53-55-63(76)72-59(60(75)54-52-50-48-46-44-42-18-16-14-12-10-8-6-4-2)58-82-70-68(81)66(79)69(62(57-74)84-70)85-71-67(80)65(78)64(77)61(56-73)83-71/h15,17,20-21,23-24,44,46,52,54,59-62,64-71,73-75,77-81H,3-14,16,18-19,22,25-43,45,47-51,53,55-58H2,1-2H3,(H,72,76)/b17-15-,21-20-,24-23-,46-44+,54-52+. The molecule has 2 aliphatic heterocycles. The molecular weight excluding hydrogens is 1070 g/mol. The number of carbonyl (C=O) groups excluding carboxylic acids is 1. The van der Waals surface area contributed by atoms with E-state index in [4.69, 9.17) is 18.9 Å². The molecule has 1 amide bonds. The Bertz CT molecular complexity index is 1660. The lowest BCUT2D eigenvalue weighted by molar-refractivity contribution is -0.359. The molecule has 2 rings (SSSR count). The third-order valence-corrected chi connectivity index (χ3v) is 16.9. The van der Waals surface area contributed by atoms with Gasteiger partial charge in [0.2, 0.25) is 5.91 Å². The molecule has 0 aromatic heterocycles. The SMILES string of the molecule is CCCCCCC/C=C\C/C=C\C/C=C\CCCCCCCCCCCCCCCCCCCCCCCCC(=O)NC(COC1OC(CO)C(OC2OC(CO)C(O)C(O)C2O)C(O)C1O)C(O)/C=C/CC/C=C/CCCCCCCCCC. The van der Waals surface area contributed by atoms with Crippen molar-refractivity contribution in [3.63, 3.8) is 0 Å². The van der Waals surface area contributed by atoms with E-state index in [1.165, 1.54) is 212 Å². The normalized spacial score (nSPS) is 23.9. The van der Waals surface area contributed by atoms with Gasteiger partial charge in [0.15, 0.2) is 12.6 Å². The maximum absolute atomic E-state index is 13.3. The number of carbonyl (C=O) groups is 1. The van der Waals surface area contributed by atoms with Crippen LogP contribution in [-0.2, 0) is 23.7 Å². The maximum atomic E-state index is 13.3. The van der Waals surface area contributed by atoms with Crippen molar-refractivity contribution in [1.82, 2.24) is 5.32 Å². The fraction of sp³-hybridized carbons (Fsp3) is 0.845. The summed E-state index contributed by atoms with van der Waals surface area (Å²) in [5, 5.41) is 87.2. The van der Waals surface area contributed by atoms with Gasteiger partial charge in [-0.2, -0.15) is 0 Å². The minimum absolute atomic E-state index is 0.246. The van der Waals surface area contributed by atoms with Crippen LogP contribution < -0.4 is 5.32 Å². The summed E-state index contributed by atoms with van der Waals surface area (Å²) in [6.07, 6.45) is 57.3. The molecule has 0 spiro atoms. The molecule has 2 heterocycles. The lowest BCUT2D eigenvalue weighted by Gasteiger charge is -2.46. The first kappa shape index (κ1) is 78.8.